The van der Waals surface area contributed by atoms with E-state index in [2.05, 4.69) is 34.4 Å². The standard InChI is InChI=1S/C22H24FN5O2.Na/c1-4-16(23)14(2)25-19-7-5-6-17(26-19)18-11-24-20-10-15(8-9-28(18)20)21(29)27-22(3)12-30-13-22;/h5-11,14,16H,1-2,4,12-13H2,3H3,(H,25,26)(H,27,29);/q-2;+1/t14-,16-;/m0./s1. The van der Waals surface area contributed by atoms with Gasteiger partial charge in [-0.05, 0) is 31.2 Å². The Morgan fingerprint density at radius 3 is 2.84 bits per heavy atom. The van der Waals surface area contributed by atoms with Gasteiger partial charge in [0.05, 0.1) is 42.5 Å². The van der Waals surface area contributed by atoms with Gasteiger partial charge in [0.2, 0.25) is 0 Å². The molecule has 1 aliphatic heterocycles. The molecule has 158 valence electrons. The zero-order valence-electron chi connectivity index (χ0n) is 17.8. The smallest absolute Gasteiger partial charge is 0.395 e. The van der Waals surface area contributed by atoms with E-state index >= 15 is 0 Å². The summed E-state index contributed by atoms with van der Waals surface area (Å²) in [4.78, 5) is 21.5. The van der Waals surface area contributed by atoms with E-state index in [9.17, 15) is 9.18 Å². The molecule has 0 spiro atoms. The molecular formula is C22H24FN5NaO2-. The van der Waals surface area contributed by atoms with Gasteiger partial charge >= 0.3 is 29.6 Å². The van der Waals surface area contributed by atoms with Crippen LogP contribution in [0.15, 0.2) is 42.7 Å². The number of rotatable bonds is 7. The molecule has 0 bridgehead atoms. The first-order valence-corrected chi connectivity index (χ1v) is 9.76. The van der Waals surface area contributed by atoms with Crippen LogP contribution in [0.4, 0.5) is 10.2 Å². The fourth-order valence-corrected chi connectivity index (χ4v) is 3.28. The van der Waals surface area contributed by atoms with Gasteiger partial charge in [0, 0.05) is 11.8 Å². The summed E-state index contributed by atoms with van der Waals surface area (Å²) in [6.07, 6.45) is 2.46. The largest absolute Gasteiger partial charge is 1.00 e. The molecule has 0 radical (unpaired) electrons. The molecule has 31 heavy (non-hydrogen) atoms. The maximum absolute atomic E-state index is 13.8. The van der Waals surface area contributed by atoms with Gasteiger partial charge in [-0.25, -0.2) is 9.97 Å². The molecule has 0 unspecified atom stereocenters. The second-order valence-corrected chi connectivity index (χ2v) is 7.76. The minimum atomic E-state index is -1.16. The summed E-state index contributed by atoms with van der Waals surface area (Å²) in [7, 11) is 0. The van der Waals surface area contributed by atoms with Crippen LogP contribution in [0.3, 0.4) is 0 Å². The summed E-state index contributed by atoms with van der Waals surface area (Å²) in [5.41, 5.74) is 2.26. The number of fused-ring (bicyclic) bond motifs is 1. The first-order valence-electron chi connectivity index (χ1n) is 9.76. The molecule has 2 atom stereocenters. The number of carbonyl (C=O) groups excluding carboxylic acids is 1. The first kappa shape index (κ1) is 23.7. The fourth-order valence-electron chi connectivity index (χ4n) is 3.28. The second-order valence-electron chi connectivity index (χ2n) is 7.76. The summed E-state index contributed by atoms with van der Waals surface area (Å²) in [6, 6.07) is 8.27. The number of halogens is 1. The van der Waals surface area contributed by atoms with E-state index in [-0.39, 0.29) is 47.4 Å². The molecule has 7 nitrogen and oxygen atoms in total. The number of amides is 1. The minimum absolute atomic E-state index is 0. The number of alkyl halides is 1. The summed E-state index contributed by atoms with van der Waals surface area (Å²) in [6.45, 7) is 10.3. The average molecular weight is 432 g/mol. The Morgan fingerprint density at radius 1 is 1.39 bits per heavy atom. The van der Waals surface area contributed by atoms with Crippen LogP contribution in [0.1, 0.15) is 23.7 Å². The molecule has 4 heterocycles. The van der Waals surface area contributed by atoms with Gasteiger partial charge in [0.15, 0.2) is 0 Å². The van der Waals surface area contributed by atoms with Crippen molar-refractivity contribution in [1.82, 2.24) is 19.7 Å². The van der Waals surface area contributed by atoms with Crippen LogP contribution in [-0.4, -0.2) is 51.2 Å². The van der Waals surface area contributed by atoms with Crippen molar-refractivity contribution in [1.29, 1.82) is 0 Å². The van der Waals surface area contributed by atoms with Crippen molar-refractivity contribution in [2.24, 2.45) is 0 Å². The van der Waals surface area contributed by atoms with E-state index in [0.29, 0.717) is 35.9 Å². The van der Waals surface area contributed by atoms with Crippen molar-refractivity contribution < 1.29 is 43.5 Å². The Balaban J connectivity index is 0.00000272. The normalized spacial score (nSPS) is 16.6. The molecule has 1 saturated heterocycles. The second kappa shape index (κ2) is 9.65. The van der Waals surface area contributed by atoms with Crippen LogP contribution in [0.5, 0.6) is 0 Å². The molecule has 0 aliphatic carbocycles. The summed E-state index contributed by atoms with van der Waals surface area (Å²) < 4.78 is 20.8. The molecule has 0 saturated carbocycles. The number of hydrogen-bond donors (Lipinski definition) is 2. The summed E-state index contributed by atoms with van der Waals surface area (Å²) in [5.74, 6) is 0.357. The van der Waals surface area contributed by atoms with Gasteiger partial charge in [-0.1, -0.05) is 12.1 Å². The molecule has 2 N–H and O–H groups in total. The van der Waals surface area contributed by atoms with Crippen LogP contribution >= 0.6 is 0 Å². The molecular weight excluding hydrogens is 408 g/mol. The van der Waals surface area contributed by atoms with E-state index in [1.807, 2.05) is 23.5 Å². The van der Waals surface area contributed by atoms with Crippen molar-refractivity contribution in [3.63, 3.8) is 0 Å². The van der Waals surface area contributed by atoms with Gasteiger partial charge in [0.25, 0.3) is 5.91 Å². The van der Waals surface area contributed by atoms with E-state index in [1.165, 1.54) is 0 Å². The van der Waals surface area contributed by atoms with E-state index in [1.54, 1.807) is 30.6 Å². The number of nitrogens with zero attached hydrogens (tertiary/aromatic N) is 3. The van der Waals surface area contributed by atoms with Crippen molar-refractivity contribution in [3.8, 4) is 11.4 Å². The number of pyridine rings is 2. The van der Waals surface area contributed by atoms with Gasteiger partial charge in [0.1, 0.15) is 11.5 Å². The number of imidazole rings is 1. The number of nitrogens with one attached hydrogen (secondary N) is 2. The number of carbonyl (C=O) groups is 1. The zero-order valence-corrected chi connectivity index (χ0v) is 19.8. The summed E-state index contributed by atoms with van der Waals surface area (Å²) >= 11 is 0. The van der Waals surface area contributed by atoms with Gasteiger partial charge in [-0.15, -0.1) is 0 Å². The number of anilines is 1. The molecule has 4 rings (SSSR count). The van der Waals surface area contributed by atoms with Gasteiger partial charge in [-0.2, -0.15) is 6.42 Å². The van der Waals surface area contributed by atoms with Crippen LogP contribution < -0.4 is 40.2 Å². The first-order chi connectivity index (χ1) is 14.4. The maximum atomic E-state index is 13.8. The molecule has 1 aliphatic rings. The third-order valence-corrected chi connectivity index (χ3v) is 5.09. The molecule has 1 fully saturated rings. The summed E-state index contributed by atoms with van der Waals surface area (Å²) in [5, 5.41) is 5.96. The van der Waals surface area contributed by atoms with E-state index in [4.69, 9.17) is 4.74 Å². The third kappa shape index (κ3) is 5.09. The Hall–Kier alpha value is -2.00. The Kier molecular flexibility index (Phi) is 7.36. The van der Waals surface area contributed by atoms with Crippen molar-refractivity contribution in [2.75, 3.05) is 18.5 Å². The van der Waals surface area contributed by atoms with Crippen molar-refractivity contribution in [3.05, 3.63) is 62.1 Å². The quantitative estimate of drug-likeness (QED) is 0.409. The van der Waals surface area contributed by atoms with Crippen LogP contribution in [0, 0.1) is 13.8 Å². The SMILES string of the molecule is [CH2-]C[C@H](F)[C@H]([CH2-])Nc1cccc(-c2cnc3cc(C(=O)NC4(C)COC4)ccn23)n1.[Na+]. The number of aromatic nitrogens is 3. The van der Waals surface area contributed by atoms with E-state index < -0.39 is 12.2 Å². The molecule has 1 amide bonds. The van der Waals surface area contributed by atoms with Crippen LogP contribution in [0.2, 0.25) is 0 Å². The van der Waals surface area contributed by atoms with Crippen molar-refractivity contribution in [2.45, 2.75) is 31.1 Å². The fraction of sp³-hybridized carbons (Fsp3) is 0.318. The number of hydrogen-bond acceptors (Lipinski definition) is 5. The average Bonchev–Trinajstić information content (AvgIpc) is 3.15. The number of ether oxygens (including phenoxy) is 1. The molecule has 0 aromatic carbocycles. The molecule has 3 aromatic rings. The third-order valence-electron chi connectivity index (χ3n) is 5.09. The molecule has 3 aromatic heterocycles. The van der Waals surface area contributed by atoms with Crippen LogP contribution in [-0.2, 0) is 4.74 Å². The Labute approximate surface area is 203 Å². The van der Waals surface area contributed by atoms with Gasteiger partial charge < -0.3 is 29.2 Å². The topological polar surface area (TPSA) is 80.5 Å². The minimum Gasteiger partial charge on any atom is -0.395 e. The predicted octanol–water partition coefficient (Wildman–Crippen LogP) is 0.0959. The predicted molar refractivity (Wildman–Crippen MR) is 113 cm³/mol. The van der Waals surface area contributed by atoms with Gasteiger partial charge in [-0.3, -0.25) is 13.6 Å². The Morgan fingerprint density at radius 2 is 2.16 bits per heavy atom. The van der Waals surface area contributed by atoms with Crippen molar-refractivity contribution >= 4 is 17.4 Å². The maximum Gasteiger partial charge on any atom is 1.00 e. The molecule has 9 heteroatoms. The van der Waals surface area contributed by atoms with Crippen LogP contribution in [0.25, 0.3) is 17.0 Å². The zero-order chi connectivity index (χ0) is 21.3. The van der Waals surface area contributed by atoms with E-state index in [0.717, 1.165) is 5.69 Å². The Bertz CT molecular complexity index is 1070. The monoisotopic (exact) mass is 432 g/mol.